The summed E-state index contributed by atoms with van der Waals surface area (Å²) in [6.07, 6.45) is 1.54. The van der Waals surface area contributed by atoms with Crippen molar-refractivity contribution in [3.63, 3.8) is 0 Å². The summed E-state index contributed by atoms with van der Waals surface area (Å²) in [5, 5.41) is 15.1. The predicted molar refractivity (Wildman–Crippen MR) is 96.4 cm³/mol. The highest BCUT2D eigenvalue weighted by Crippen LogP contribution is 2.16. The van der Waals surface area contributed by atoms with Crippen LogP contribution in [-0.4, -0.2) is 22.8 Å². The van der Waals surface area contributed by atoms with Crippen molar-refractivity contribution in [3.8, 4) is 0 Å². The molecule has 0 aliphatic rings. The molecule has 1 amide bonds. The molecule has 2 rings (SSSR count). The van der Waals surface area contributed by atoms with Gasteiger partial charge in [0.1, 0.15) is 0 Å². The van der Waals surface area contributed by atoms with E-state index in [0.29, 0.717) is 10.8 Å². The number of nitro benzene ring substituents is 1. The van der Waals surface area contributed by atoms with Crippen LogP contribution in [0.5, 0.6) is 0 Å². The van der Waals surface area contributed by atoms with Crippen LogP contribution in [0.4, 0.5) is 5.69 Å². The smallest absolute Gasteiger partial charge is 0.269 e. The summed E-state index contributed by atoms with van der Waals surface area (Å²) in [6.45, 7) is 0. The molecular formula is C16H14ClN3O3S. The highest BCUT2D eigenvalue weighted by molar-refractivity contribution is 7.99. The Bertz CT molecular complexity index is 733. The Hall–Kier alpha value is -2.38. The molecule has 124 valence electrons. The number of rotatable bonds is 7. The standard InChI is InChI=1S/C16H14ClN3O3S/c17-14-5-1-12(2-6-14)9-18-19-16(21)11-24-10-13-3-7-15(8-4-13)20(22)23/h1-9H,10-11H2,(H,19,21)/b18-9-. The first-order valence-electron chi connectivity index (χ1n) is 6.93. The number of hydrogen-bond acceptors (Lipinski definition) is 5. The molecule has 8 heteroatoms. The van der Waals surface area contributed by atoms with Gasteiger partial charge in [-0.25, -0.2) is 5.43 Å². The second-order valence-electron chi connectivity index (χ2n) is 4.76. The van der Waals surface area contributed by atoms with Crippen molar-refractivity contribution >= 4 is 41.2 Å². The fourth-order valence-electron chi connectivity index (χ4n) is 1.74. The second kappa shape index (κ2) is 9.05. The average Bonchev–Trinajstić information content (AvgIpc) is 2.57. The average molecular weight is 364 g/mol. The van der Waals surface area contributed by atoms with Gasteiger partial charge < -0.3 is 0 Å². The number of halogens is 1. The molecule has 0 saturated heterocycles. The SMILES string of the molecule is O=C(CSCc1ccc([N+](=O)[O-])cc1)N/N=C\c1ccc(Cl)cc1. The van der Waals surface area contributed by atoms with Crippen molar-refractivity contribution in [2.75, 3.05) is 5.75 Å². The van der Waals surface area contributed by atoms with Gasteiger partial charge in [-0.2, -0.15) is 5.10 Å². The van der Waals surface area contributed by atoms with Crippen molar-refractivity contribution in [1.29, 1.82) is 0 Å². The molecule has 0 radical (unpaired) electrons. The Labute approximate surface area is 148 Å². The molecule has 0 aliphatic heterocycles. The van der Waals surface area contributed by atoms with E-state index in [0.717, 1.165) is 11.1 Å². The molecule has 2 aromatic carbocycles. The van der Waals surface area contributed by atoms with Crippen LogP contribution >= 0.6 is 23.4 Å². The van der Waals surface area contributed by atoms with E-state index in [1.165, 1.54) is 30.1 Å². The first kappa shape index (κ1) is 18.0. The lowest BCUT2D eigenvalue weighted by molar-refractivity contribution is -0.384. The maximum absolute atomic E-state index is 11.7. The number of carbonyl (C=O) groups excluding carboxylic acids is 1. The van der Waals surface area contributed by atoms with Crippen molar-refractivity contribution in [3.05, 3.63) is 74.8 Å². The molecule has 24 heavy (non-hydrogen) atoms. The van der Waals surface area contributed by atoms with Gasteiger partial charge >= 0.3 is 0 Å². The first-order valence-corrected chi connectivity index (χ1v) is 8.46. The first-order chi connectivity index (χ1) is 11.5. The molecule has 0 saturated carbocycles. The van der Waals surface area contributed by atoms with Gasteiger partial charge in [0.05, 0.1) is 16.9 Å². The van der Waals surface area contributed by atoms with Crippen molar-refractivity contribution in [1.82, 2.24) is 5.43 Å². The third-order valence-electron chi connectivity index (χ3n) is 2.92. The van der Waals surface area contributed by atoms with Gasteiger partial charge in [0.15, 0.2) is 0 Å². The summed E-state index contributed by atoms with van der Waals surface area (Å²) in [4.78, 5) is 21.8. The molecule has 6 nitrogen and oxygen atoms in total. The molecular weight excluding hydrogens is 350 g/mol. The number of thioether (sulfide) groups is 1. The predicted octanol–water partition coefficient (Wildman–Crippen LogP) is 3.63. The quantitative estimate of drug-likeness (QED) is 0.462. The Morgan fingerprint density at radius 2 is 1.88 bits per heavy atom. The Morgan fingerprint density at radius 1 is 1.21 bits per heavy atom. The van der Waals surface area contributed by atoms with Crippen molar-refractivity contribution in [2.45, 2.75) is 5.75 Å². The lowest BCUT2D eigenvalue weighted by Gasteiger charge is -2.01. The minimum atomic E-state index is -0.441. The summed E-state index contributed by atoms with van der Waals surface area (Å²) >= 11 is 7.18. The molecule has 0 heterocycles. The maximum atomic E-state index is 11.7. The van der Waals surface area contributed by atoms with Gasteiger partial charge in [-0.1, -0.05) is 35.9 Å². The highest BCUT2D eigenvalue weighted by atomic mass is 35.5. The molecule has 0 aliphatic carbocycles. The van der Waals surface area contributed by atoms with Gasteiger partial charge in [0.2, 0.25) is 5.91 Å². The molecule has 1 N–H and O–H groups in total. The van der Waals surface area contributed by atoms with Crippen LogP contribution in [0.15, 0.2) is 53.6 Å². The number of hydrazone groups is 1. The number of non-ortho nitro benzene ring substituents is 1. The topological polar surface area (TPSA) is 84.6 Å². The number of amides is 1. The number of nitro groups is 1. The van der Waals surface area contributed by atoms with Gasteiger partial charge in [-0.3, -0.25) is 14.9 Å². The Balaban J connectivity index is 1.71. The third kappa shape index (κ3) is 6.02. The van der Waals surface area contributed by atoms with Crippen LogP contribution in [-0.2, 0) is 10.5 Å². The summed E-state index contributed by atoms with van der Waals surface area (Å²) in [5.41, 5.74) is 4.25. The van der Waals surface area contributed by atoms with Gasteiger partial charge in [-0.05, 0) is 23.3 Å². The number of benzene rings is 2. The largest absolute Gasteiger partial charge is 0.272 e. The molecule has 0 atom stereocenters. The fourth-order valence-corrected chi connectivity index (χ4v) is 2.64. The van der Waals surface area contributed by atoms with Crippen LogP contribution in [0.1, 0.15) is 11.1 Å². The lowest BCUT2D eigenvalue weighted by atomic mass is 10.2. The van der Waals surface area contributed by atoms with Gasteiger partial charge in [0.25, 0.3) is 5.69 Å². The molecule has 0 aromatic heterocycles. The van der Waals surface area contributed by atoms with E-state index >= 15 is 0 Å². The second-order valence-corrected chi connectivity index (χ2v) is 6.18. The fraction of sp³-hybridized carbons (Fsp3) is 0.125. The molecule has 0 unspecified atom stereocenters. The van der Waals surface area contributed by atoms with E-state index in [1.54, 1.807) is 36.4 Å². The summed E-state index contributed by atoms with van der Waals surface area (Å²) in [5.74, 6) is 0.619. The van der Waals surface area contributed by atoms with Gasteiger partial charge in [-0.15, -0.1) is 11.8 Å². The van der Waals surface area contributed by atoms with Crippen LogP contribution in [0.3, 0.4) is 0 Å². The van der Waals surface area contributed by atoms with E-state index < -0.39 is 4.92 Å². The maximum Gasteiger partial charge on any atom is 0.269 e. The zero-order chi connectivity index (χ0) is 17.4. The third-order valence-corrected chi connectivity index (χ3v) is 4.18. The van der Waals surface area contributed by atoms with E-state index in [1.807, 2.05) is 0 Å². The summed E-state index contributed by atoms with van der Waals surface area (Å²) in [6, 6.07) is 13.3. The van der Waals surface area contributed by atoms with Crippen molar-refractivity contribution < 1.29 is 9.72 Å². The molecule has 0 spiro atoms. The molecule has 0 bridgehead atoms. The van der Waals surface area contributed by atoms with E-state index in [9.17, 15) is 14.9 Å². The summed E-state index contributed by atoms with van der Waals surface area (Å²) in [7, 11) is 0. The van der Waals surface area contributed by atoms with E-state index in [-0.39, 0.29) is 17.3 Å². The van der Waals surface area contributed by atoms with Crippen molar-refractivity contribution in [2.24, 2.45) is 5.10 Å². The molecule has 2 aromatic rings. The van der Waals surface area contributed by atoms with Crippen LogP contribution in [0.25, 0.3) is 0 Å². The van der Waals surface area contributed by atoms with Crippen LogP contribution in [0, 0.1) is 10.1 Å². The monoisotopic (exact) mass is 363 g/mol. The zero-order valence-corrected chi connectivity index (χ0v) is 14.1. The lowest BCUT2D eigenvalue weighted by Crippen LogP contribution is -2.19. The van der Waals surface area contributed by atoms with Crippen LogP contribution in [0.2, 0.25) is 5.02 Å². The number of carbonyl (C=O) groups is 1. The van der Waals surface area contributed by atoms with Gasteiger partial charge in [0, 0.05) is 22.9 Å². The molecule has 0 fully saturated rings. The zero-order valence-electron chi connectivity index (χ0n) is 12.5. The van der Waals surface area contributed by atoms with E-state index in [4.69, 9.17) is 11.6 Å². The Kier molecular flexibility index (Phi) is 6.77. The minimum absolute atomic E-state index is 0.0537. The van der Waals surface area contributed by atoms with E-state index in [2.05, 4.69) is 10.5 Å². The minimum Gasteiger partial charge on any atom is -0.272 e. The normalized spacial score (nSPS) is 10.7. The number of nitrogens with zero attached hydrogens (tertiary/aromatic N) is 2. The summed E-state index contributed by atoms with van der Waals surface area (Å²) < 4.78 is 0. The van der Waals surface area contributed by atoms with Crippen LogP contribution < -0.4 is 5.43 Å². The number of nitrogens with one attached hydrogen (secondary N) is 1. The number of hydrogen-bond donors (Lipinski definition) is 1. The Morgan fingerprint density at radius 3 is 2.50 bits per heavy atom. The highest BCUT2D eigenvalue weighted by Gasteiger charge is 2.05.